The lowest BCUT2D eigenvalue weighted by molar-refractivity contribution is 0.000682. The highest BCUT2D eigenvalue weighted by atomic mass is 16.3. The van der Waals surface area contributed by atoms with Crippen LogP contribution in [0.2, 0.25) is 0 Å². The van der Waals surface area contributed by atoms with Crippen LogP contribution in [-0.2, 0) is 6.42 Å². The molecule has 0 bridgehead atoms. The second-order valence-corrected chi connectivity index (χ2v) is 6.26. The molecule has 1 saturated carbocycles. The molecule has 2 nitrogen and oxygen atoms in total. The Morgan fingerprint density at radius 3 is 2.21 bits per heavy atom. The predicted octanol–water partition coefficient (Wildman–Crippen LogP) is 3.27. The van der Waals surface area contributed by atoms with Crippen LogP contribution < -0.4 is 5.32 Å². The van der Waals surface area contributed by atoms with Crippen LogP contribution in [0.3, 0.4) is 0 Å². The van der Waals surface area contributed by atoms with Gasteiger partial charge in [-0.2, -0.15) is 0 Å². The van der Waals surface area contributed by atoms with Gasteiger partial charge in [-0.05, 0) is 55.1 Å². The van der Waals surface area contributed by atoms with Crippen LogP contribution in [-0.4, -0.2) is 18.2 Å². The average Bonchev–Trinajstić information content (AvgIpc) is 2.20. The summed E-state index contributed by atoms with van der Waals surface area (Å²) in [4.78, 5) is 0. The number of hydrogen-bond donors (Lipinski definition) is 2. The maximum atomic E-state index is 9.67. The molecule has 2 N–H and O–H groups in total. The maximum absolute atomic E-state index is 9.67. The zero-order valence-corrected chi connectivity index (χ0v) is 11.4. The minimum atomic E-state index is 0.463. The molecule has 2 aliphatic carbocycles. The van der Waals surface area contributed by atoms with Crippen molar-refractivity contribution in [3.63, 3.8) is 0 Å². The molecular formula is C17H23NO. The smallest absolute Gasteiger partial charge is 0.118 e. The summed E-state index contributed by atoms with van der Waals surface area (Å²) in [6.07, 6.45) is 10.7. The molecule has 2 heteroatoms. The zero-order chi connectivity index (χ0) is 13.1. The Morgan fingerprint density at radius 1 is 1.11 bits per heavy atom. The van der Waals surface area contributed by atoms with E-state index in [-0.39, 0.29) is 0 Å². The average molecular weight is 257 g/mol. The van der Waals surface area contributed by atoms with Crippen LogP contribution in [0.25, 0.3) is 0 Å². The van der Waals surface area contributed by atoms with Crippen molar-refractivity contribution >= 4 is 0 Å². The Morgan fingerprint density at radius 2 is 1.74 bits per heavy atom. The summed E-state index contributed by atoms with van der Waals surface area (Å²) in [6, 6.07) is 7.72. The molecule has 19 heavy (non-hydrogen) atoms. The monoisotopic (exact) mass is 257 g/mol. The van der Waals surface area contributed by atoms with Crippen molar-refractivity contribution in [3.8, 4) is 5.75 Å². The van der Waals surface area contributed by atoms with Crippen molar-refractivity contribution in [1.29, 1.82) is 0 Å². The van der Waals surface area contributed by atoms with Crippen LogP contribution >= 0.6 is 0 Å². The van der Waals surface area contributed by atoms with E-state index in [0.717, 1.165) is 17.9 Å². The highest BCUT2D eigenvalue weighted by Gasteiger charge is 2.47. The first-order valence-electron chi connectivity index (χ1n) is 7.40. The first-order chi connectivity index (χ1) is 9.27. The number of para-hydroxylation sites is 1. The van der Waals surface area contributed by atoms with E-state index in [4.69, 9.17) is 0 Å². The maximum Gasteiger partial charge on any atom is 0.118 e. The summed E-state index contributed by atoms with van der Waals surface area (Å²) in [7, 11) is 0. The molecular weight excluding hydrogens is 234 g/mol. The first-order valence-corrected chi connectivity index (χ1v) is 7.40. The van der Waals surface area contributed by atoms with E-state index in [9.17, 15) is 5.11 Å². The van der Waals surface area contributed by atoms with Gasteiger partial charge in [-0.3, -0.25) is 0 Å². The molecule has 1 aromatic rings. The topological polar surface area (TPSA) is 32.3 Å². The van der Waals surface area contributed by atoms with Gasteiger partial charge < -0.3 is 10.4 Å². The molecule has 102 valence electrons. The van der Waals surface area contributed by atoms with Gasteiger partial charge in [0.25, 0.3) is 0 Å². The van der Waals surface area contributed by atoms with Gasteiger partial charge >= 0.3 is 0 Å². The Labute approximate surface area is 115 Å². The van der Waals surface area contributed by atoms with E-state index in [0.29, 0.717) is 11.2 Å². The van der Waals surface area contributed by atoms with Gasteiger partial charge in [0.05, 0.1) is 0 Å². The second kappa shape index (κ2) is 5.38. The lowest BCUT2D eigenvalue weighted by Crippen LogP contribution is -2.60. The van der Waals surface area contributed by atoms with E-state index in [1.54, 1.807) is 6.07 Å². The lowest BCUT2D eigenvalue weighted by Gasteiger charge is -2.54. The van der Waals surface area contributed by atoms with Crippen LogP contribution in [0.4, 0.5) is 0 Å². The Balaban J connectivity index is 0.000000237. The third-order valence-electron chi connectivity index (χ3n) is 4.61. The molecule has 0 amide bonds. The third-order valence-corrected chi connectivity index (χ3v) is 4.61. The summed E-state index contributed by atoms with van der Waals surface area (Å²) in [5, 5.41) is 13.0. The Bertz CT molecular complexity index is 448. The number of allylic oxidation sites excluding steroid dienone is 2. The summed E-state index contributed by atoms with van der Waals surface area (Å²) in [5.41, 5.74) is 1.76. The zero-order valence-electron chi connectivity index (χ0n) is 11.4. The van der Waals surface area contributed by atoms with Gasteiger partial charge in [0, 0.05) is 13.1 Å². The lowest BCUT2D eigenvalue weighted by atomic mass is 9.57. The van der Waals surface area contributed by atoms with Crippen LogP contribution in [0, 0.1) is 11.3 Å². The van der Waals surface area contributed by atoms with Crippen molar-refractivity contribution in [3.05, 3.63) is 42.0 Å². The van der Waals surface area contributed by atoms with Gasteiger partial charge in [0.2, 0.25) is 0 Å². The second-order valence-electron chi connectivity index (χ2n) is 6.26. The van der Waals surface area contributed by atoms with E-state index in [1.807, 2.05) is 18.2 Å². The molecule has 0 atom stereocenters. The van der Waals surface area contributed by atoms with Gasteiger partial charge in [-0.25, -0.2) is 0 Å². The molecule has 1 spiro atoms. The van der Waals surface area contributed by atoms with Crippen molar-refractivity contribution in [2.75, 3.05) is 13.1 Å². The van der Waals surface area contributed by atoms with Gasteiger partial charge in [0.15, 0.2) is 0 Å². The molecule has 2 fully saturated rings. The fourth-order valence-corrected chi connectivity index (χ4v) is 3.24. The highest BCUT2D eigenvalue weighted by molar-refractivity contribution is 5.32. The normalized spacial score (nSPS) is 22.7. The van der Waals surface area contributed by atoms with E-state index < -0.39 is 0 Å². The molecule has 3 aliphatic rings. The highest BCUT2D eigenvalue weighted by Crippen LogP contribution is 2.49. The third kappa shape index (κ3) is 2.84. The van der Waals surface area contributed by atoms with Gasteiger partial charge in [-0.15, -0.1) is 0 Å². The number of rotatable bonds is 2. The molecule has 1 saturated heterocycles. The number of phenols is 1. The van der Waals surface area contributed by atoms with Crippen molar-refractivity contribution in [1.82, 2.24) is 5.32 Å². The quantitative estimate of drug-likeness (QED) is 0.797. The summed E-state index contributed by atoms with van der Waals surface area (Å²) in [6.45, 7) is 2.43. The van der Waals surface area contributed by atoms with Crippen LogP contribution in [0.5, 0.6) is 5.75 Å². The van der Waals surface area contributed by atoms with E-state index >= 15 is 0 Å². The first kappa shape index (κ1) is 12.7. The van der Waals surface area contributed by atoms with Crippen LogP contribution in [0.1, 0.15) is 31.2 Å². The van der Waals surface area contributed by atoms with E-state index in [2.05, 4.69) is 17.5 Å². The standard InChI is InChI=1S/C13H17NO.C4H6/c15-12-4-2-1-3-11(12)5-10-6-13(7-10)8-14-9-13;1-2-4-3-1/h1-4,10,14-15H,5-9H2;1-2H,3-4H2. The molecule has 0 aromatic heterocycles. The largest absolute Gasteiger partial charge is 0.508 e. The summed E-state index contributed by atoms with van der Waals surface area (Å²) in [5.74, 6) is 1.26. The summed E-state index contributed by atoms with van der Waals surface area (Å²) < 4.78 is 0. The Hall–Kier alpha value is -1.28. The molecule has 0 unspecified atom stereocenters. The van der Waals surface area contributed by atoms with Gasteiger partial charge in [0.1, 0.15) is 5.75 Å². The van der Waals surface area contributed by atoms with E-state index in [1.165, 1.54) is 38.8 Å². The molecule has 1 aliphatic heterocycles. The van der Waals surface area contributed by atoms with Crippen molar-refractivity contribution in [2.45, 2.75) is 32.1 Å². The number of aromatic hydroxyl groups is 1. The number of nitrogens with one attached hydrogen (secondary N) is 1. The fraction of sp³-hybridized carbons (Fsp3) is 0.529. The fourth-order valence-electron chi connectivity index (χ4n) is 3.24. The number of hydrogen-bond acceptors (Lipinski definition) is 2. The molecule has 0 radical (unpaired) electrons. The number of benzene rings is 1. The van der Waals surface area contributed by atoms with Crippen molar-refractivity contribution in [2.24, 2.45) is 11.3 Å². The minimum absolute atomic E-state index is 0.463. The Kier molecular flexibility index (Phi) is 3.61. The predicted molar refractivity (Wildman–Crippen MR) is 78.2 cm³/mol. The van der Waals surface area contributed by atoms with Crippen molar-refractivity contribution < 1.29 is 5.11 Å². The minimum Gasteiger partial charge on any atom is -0.508 e. The molecule has 1 heterocycles. The van der Waals surface area contributed by atoms with Crippen LogP contribution in [0.15, 0.2) is 36.4 Å². The molecule has 1 aromatic carbocycles. The van der Waals surface area contributed by atoms with Gasteiger partial charge in [-0.1, -0.05) is 30.4 Å². The molecule has 4 rings (SSSR count). The summed E-state index contributed by atoms with van der Waals surface area (Å²) >= 11 is 0. The number of phenolic OH excluding ortho intramolecular Hbond substituents is 1. The SMILES string of the molecule is C1=CCC1.Oc1ccccc1CC1CC2(CNC2)C1.